The molecule has 32 heavy (non-hydrogen) atoms. The monoisotopic (exact) mass is 478 g/mol. The standard InChI is InChI=1S/C16H17F3N6O6S/c1-25(2)13-20-12(22-15(23-13)31-8-16(17,18)19)21-14(27)24-32(28,29)10-6-4-5-9(7-26)11(10)30-3/h4-6,11H,8H2,1-3H3,(H2,20,21,22,23,24,27). The van der Waals surface area contributed by atoms with Crippen LogP contribution in [0.15, 0.2) is 28.7 Å². The molecule has 2 N–H and O–H groups in total. The van der Waals surface area contributed by atoms with Crippen LogP contribution in [0.4, 0.5) is 29.9 Å². The molecule has 1 unspecified atom stereocenters. The summed E-state index contributed by atoms with van der Waals surface area (Å²) in [4.78, 5) is 35.0. The molecule has 0 aliphatic heterocycles. The Morgan fingerprint density at radius 1 is 1.28 bits per heavy atom. The van der Waals surface area contributed by atoms with E-state index in [-0.39, 0.29) is 11.5 Å². The Morgan fingerprint density at radius 2 is 1.97 bits per heavy atom. The summed E-state index contributed by atoms with van der Waals surface area (Å²) in [5.74, 6) is 0.790. The van der Waals surface area contributed by atoms with Gasteiger partial charge in [-0.05, 0) is 12.2 Å². The highest BCUT2D eigenvalue weighted by atomic mass is 32.2. The van der Waals surface area contributed by atoms with Crippen LogP contribution in [0.25, 0.3) is 0 Å². The second-order valence-electron chi connectivity index (χ2n) is 6.20. The van der Waals surface area contributed by atoms with Gasteiger partial charge in [-0.1, -0.05) is 6.08 Å². The average Bonchev–Trinajstić information content (AvgIpc) is 2.70. The van der Waals surface area contributed by atoms with E-state index in [2.05, 4.69) is 19.7 Å². The predicted molar refractivity (Wildman–Crippen MR) is 104 cm³/mol. The van der Waals surface area contributed by atoms with Crippen LogP contribution < -0.4 is 19.7 Å². The second-order valence-corrected chi connectivity index (χ2v) is 7.88. The maximum Gasteiger partial charge on any atom is 0.422 e. The number of carbonyl (C=O) groups is 1. The number of nitrogens with zero attached hydrogens (tertiary/aromatic N) is 4. The normalized spacial score (nSPS) is 16.1. The van der Waals surface area contributed by atoms with Crippen molar-refractivity contribution in [2.75, 3.05) is 38.0 Å². The summed E-state index contributed by atoms with van der Waals surface area (Å²) in [5, 5.41) is 1.98. The molecule has 0 aromatic carbocycles. The van der Waals surface area contributed by atoms with Crippen molar-refractivity contribution in [2.24, 2.45) is 0 Å². The van der Waals surface area contributed by atoms with Crippen molar-refractivity contribution in [3.63, 3.8) is 0 Å². The van der Waals surface area contributed by atoms with Crippen LogP contribution in [0.3, 0.4) is 0 Å². The zero-order valence-corrected chi connectivity index (χ0v) is 17.6. The molecule has 16 heteroatoms. The minimum atomic E-state index is -4.67. The van der Waals surface area contributed by atoms with Gasteiger partial charge < -0.3 is 14.4 Å². The summed E-state index contributed by atoms with van der Waals surface area (Å²) in [6.45, 7) is -1.70. The number of hydrogen-bond donors (Lipinski definition) is 2. The van der Waals surface area contributed by atoms with Gasteiger partial charge in [0, 0.05) is 21.2 Å². The topological polar surface area (TPSA) is 153 Å². The molecule has 0 radical (unpaired) electrons. The lowest BCUT2D eigenvalue weighted by molar-refractivity contribution is -0.154. The van der Waals surface area contributed by atoms with Crippen molar-refractivity contribution in [3.05, 3.63) is 28.7 Å². The van der Waals surface area contributed by atoms with Gasteiger partial charge in [0.15, 0.2) is 6.61 Å². The van der Waals surface area contributed by atoms with Crippen LogP contribution in [0.5, 0.6) is 6.01 Å². The third kappa shape index (κ3) is 6.50. The summed E-state index contributed by atoms with van der Waals surface area (Å²) in [5.41, 5.74) is -0.115. The molecule has 12 nitrogen and oxygen atoms in total. The van der Waals surface area contributed by atoms with E-state index in [1.807, 2.05) is 5.32 Å². The molecule has 1 aliphatic carbocycles. The molecular weight excluding hydrogens is 461 g/mol. The lowest BCUT2D eigenvalue weighted by Crippen LogP contribution is -2.39. The summed E-state index contributed by atoms with van der Waals surface area (Å²) in [6.07, 6.45) is -2.32. The van der Waals surface area contributed by atoms with Crippen molar-refractivity contribution in [1.82, 2.24) is 19.7 Å². The Morgan fingerprint density at radius 3 is 2.53 bits per heavy atom. The van der Waals surface area contributed by atoms with Gasteiger partial charge in [-0.25, -0.2) is 22.7 Å². The van der Waals surface area contributed by atoms with Crippen LogP contribution in [0, 0.1) is 0 Å². The van der Waals surface area contributed by atoms with Gasteiger partial charge in [-0.2, -0.15) is 28.1 Å². The Kier molecular flexibility index (Phi) is 7.56. The number of hydrogen-bond acceptors (Lipinski definition) is 10. The molecule has 0 fully saturated rings. The molecule has 1 aliphatic rings. The number of halogens is 3. The summed E-state index contributed by atoms with van der Waals surface area (Å²) in [7, 11) is -0.435. The highest BCUT2D eigenvalue weighted by Gasteiger charge is 2.32. The summed E-state index contributed by atoms with van der Waals surface area (Å²) in [6, 6.07) is -2.09. The zero-order valence-electron chi connectivity index (χ0n) is 16.8. The minimum absolute atomic E-state index is 0.115. The van der Waals surface area contributed by atoms with E-state index in [1.54, 1.807) is 10.7 Å². The van der Waals surface area contributed by atoms with Gasteiger partial charge in [0.1, 0.15) is 12.0 Å². The molecule has 0 saturated heterocycles. The van der Waals surface area contributed by atoms with Gasteiger partial charge in [0.05, 0.1) is 10.5 Å². The number of methoxy groups -OCH3 is 1. The number of amides is 2. The molecule has 0 saturated carbocycles. The van der Waals surface area contributed by atoms with Crippen LogP contribution in [0.2, 0.25) is 0 Å². The summed E-state index contributed by atoms with van der Waals surface area (Å²) < 4.78 is 73.4. The molecule has 1 heterocycles. The first kappa shape index (κ1) is 24.8. The van der Waals surface area contributed by atoms with E-state index in [0.717, 1.165) is 13.2 Å². The molecule has 2 rings (SSSR count). The van der Waals surface area contributed by atoms with Gasteiger partial charge in [-0.3, -0.25) is 5.32 Å². The number of ether oxygens (including phenoxy) is 2. The molecule has 2 amide bonds. The highest BCUT2D eigenvalue weighted by Crippen LogP contribution is 2.24. The fourth-order valence-electron chi connectivity index (χ4n) is 2.26. The zero-order chi connectivity index (χ0) is 24.1. The lowest BCUT2D eigenvalue weighted by atomic mass is 10.1. The lowest BCUT2D eigenvalue weighted by Gasteiger charge is -2.20. The number of carbonyl (C=O) groups excluding carboxylic acids is 2. The largest absolute Gasteiger partial charge is 0.454 e. The molecule has 0 bridgehead atoms. The molecule has 174 valence electrons. The van der Waals surface area contributed by atoms with Gasteiger partial charge in [0.2, 0.25) is 11.9 Å². The number of urea groups is 1. The summed E-state index contributed by atoms with van der Waals surface area (Å²) >= 11 is 0. The van der Waals surface area contributed by atoms with E-state index < -0.39 is 51.8 Å². The molecule has 0 spiro atoms. The van der Waals surface area contributed by atoms with Crippen LogP contribution in [-0.2, 0) is 19.6 Å². The van der Waals surface area contributed by atoms with Gasteiger partial charge in [-0.15, -0.1) is 0 Å². The highest BCUT2D eigenvalue weighted by molar-refractivity contribution is 7.94. The molecule has 1 atom stereocenters. The third-order valence-corrected chi connectivity index (χ3v) is 4.99. The smallest absolute Gasteiger partial charge is 0.422 e. The quantitative estimate of drug-likeness (QED) is 0.532. The minimum Gasteiger partial charge on any atom is -0.454 e. The average molecular weight is 478 g/mol. The van der Waals surface area contributed by atoms with Crippen molar-refractivity contribution in [2.45, 2.75) is 12.3 Å². The third-order valence-electron chi connectivity index (χ3n) is 3.56. The first-order chi connectivity index (χ1) is 14.9. The molecule has 1 aromatic rings. The van der Waals surface area contributed by atoms with Crippen molar-refractivity contribution in [1.29, 1.82) is 0 Å². The van der Waals surface area contributed by atoms with Gasteiger partial charge >= 0.3 is 18.2 Å². The predicted octanol–water partition coefficient (Wildman–Crippen LogP) is 0.557. The SMILES string of the molecule is COC1C(=C=O)C=CC=C1S(=O)(=O)NC(=O)Nc1nc(OCC(F)(F)F)nc(N(C)C)n1. The van der Waals surface area contributed by atoms with Crippen molar-refractivity contribution < 1.29 is 40.7 Å². The second kappa shape index (κ2) is 9.76. The van der Waals surface area contributed by atoms with Crippen LogP contribution in [0.1, 0.15) is 0 Å². The van der Waals surface area contributed by atoms with E-state index in [0.29, 0.717) is 0 Å². The Balaban J connectivity index is 2.23. The Bertz CT molecular complexity index is 1100. The number of aromatic nitrogens is 3. The van der Waals surface area contributed by atoms with E-state index in [1.165, 1.54) is 31.1 Å². The van der Waals surface area contributed by atoms with E-state index in [4.69, 9.17) is 4.74 Å². The van der Waals surface area contributed by atoms with Crippen LogP contribution in [-0.4, -0.2) is 75.4 Å². The Labute approximate surface area is 179 Å². The molecule has 1 aromatic heterocycles. The first-order valence-electron chi connectivity index (χ1n) is 8.49. The first-order valence-corrected chi connectivity index (χ1v) is 9.97. The Hall–Kier alpha value is -3.49. The number of allylic oxidation sites excluding steroid dienone is 2. The number of nitrogens with one attached hydrogen (secondary N) is 2. The maximum absolute atomic E-state index is 12.6. The van der Waals surface area contributed by atoms with E-state index >= 15 is 0 Å². The fraction of sp³-hybridized carbons (Fsp3) is 0.375. The van der Waals surface area contributed by atoms with Crippen molar-refractivity contribution >= 4 is 33.9 Å². The number of sulfonamides is 1. The van der Waals surface area contributed by atoms with E-state index in [9.17, 15) is 31.2 Å². The van der Waals surface area contributed by atoms with Gasteiger partial charge in [0.25, 0.3) is 10.0 Å². The number of anilines is 2. The molecular formula is C16H17F3N6O6S. The van der Waals surface area contributed by atoms with Crippen LogP contribution >= 0.6 is 0 Å². The maximum atomic E-state index is 12.6. The number of alkyl halides is 3. The number of rotatable bonds is 7. The van der Waals surface area contributed by atoms with Crippen molar-refractivity contribution in [3.8, 4) is 6.01 Å². The fourth-order valence-corrected chi connectivity index (χ4v) is 3.43.